The molecule has 3 heteroatoms. The summed E-state index contributed by atoms with van der Waals surface area (Å²) < 4.78 is 0. The smallest absolute Gasteiger partial charge is 0.225 e. The molecule has 0 N–H and O–H groups in total. The van der Waals surface area contributed by atoms with Gasteiger partial charge in [-0.05, 0) is 26.8 Å². The molecule has 0 fully saturated rings. The third-order valence-electron chi connectivity index (χ3n) is 1.94. The zero-order valence-corrected chi connectivity index (χ0v) is 9.07. The molecule has 0 saturated carbocycles. The summed E-state index contributed by atoms with van der Waals surface area (Å²) in [6.45, 7) is 8.10. The fourth-order valence-corrected chi connectivity index (χ4v) is 1.10. The third kappa shape index (κ3) is 3.17. The molecule has 0 radical (unpaired) electrons. The van der Waals surface area contributed by atoms with Crippen molar-refractivity contribution in [3.8, 4) is 0 Å². The van der Waals surface area contributed by atoms with Crippen LogP contribution in [0.25, 0.3) is 0 Å². The summed E-state index contributed by atoms with van der Waals surface area (Å²) in [5.41, 5.74) is 1.32. The summed E-state index contributed by atoms with van der Waals surface area (Å²) in [6.07, 6.45) is 5.72. The molecule has 0 aliphatic rings. The van der Waals surface area contributed by atoms with Gasteiger partial charge in [0.1, 0.15) is 0 Å². The molecule has 1 aromatic rings. The SMILES string of the molecule is CCN(CC=C(C)C)c1ncccn1. The molecule has 0 unspecified atom stereocenters. The molecule has 0 atom stereocenters. The molecule has 1 heterocycles. The first kappa shape index (κ1) is 10.7. The Balaban J connectivity index is 2.68. The van der Waals surface area contributed by atoms with Gasteiger partial charge in [0, 0.05) is 25.5 Å². The first-order valence-corrected chi connectivity index (χ1v) is 4.89. The summed E-state index contributed by atoms with van der Waals surface area (Å²) >= 11 is 0. The van der Waals surface area contributed by atoms with Crippen LogP contribution in [0, 0.1) is 0 Å². The number of hydrogen-bond acceptors (Lipinski definition) is 3. The molecule has 0 aliphatic carbocycles. The van der Waals surface area contributed by atoms with Crippen molar-refractivity contribution in [3.05, 3.63) is 30.1 Å². The lowest BCUT2D eigenvalue weighted by Gasteiger charge is -2.18. The zero-order chi connectivity index (χ0) is 10.4. The second-order valence-corrected chi connectivity index (χ2v) is 3.37. The van der Waals surface area contributed by atoms with Gasteiger partial charge in [0.05, 0.1) is 0 Å². The predicted octanol–water partition coefficient (Wildman–Crippen LogP) is 2.27. The van der Waals surface area contributed by atoms with E-state index in [-0.39, 0.29) is 0 Å². The van der Waals surface area contributed by atoms with Gasteiger partial charge < -0.3 is 4.90 Å². The van der Waals surface area contributed by atoms with Crippen LogP contribution < -0.4 is 4.90 Å². The second-order valence-electron chi connectivity index (χ2n) is 3.37. The van der Waals surface area contributed by atoms with Crippen LogP contribution >= 0.6 is 0 Å². The molecule has 0 spiro atoms. The lowest BCUT2D eigenvalue weighted by atomic mass is 10.3. The van der Waals surface area contributed by atoms with Gasteiger partial charge >= 0.3 is 0 Å². The highest BCUT2D eigenvalue weighted by Gasteiger charge is 2.03. The van der Waals surface area contributed by atoms with Crippen LogP contribution in [0.2, 0.25) is 0 Å². The van der Waals surface area contributed by atoms with Crippen molar-refractivity contribution >= 4 is 5.95 Å². The van der Waals surface area contributed by atoms with Gasteiger partial charge in [-0.1, -0.05) is 11.6 Å². The normalized spacial score (nSPS) is 9.64. The summed E-state index contributed by atoms with van der Waals surface area (Å²) in [4.78, 5) is 10.6. The van der Waals surface area contributed by atoms with Crippen LogP contribution in [-0.2, 0) is 0 Å². The maximum atomic E-state index is 4.21. The van der Waals surface area contributed by atoms with Gasteiger partial charge in [-0.2, -0.15) is 0 Å². The van der Waals surface area contributed by atoms with Crippen molar-refractivity contribution in [2.75, 3.05) is 18.0 Å². The van der Waals surface area contributed by atoms with Crippen LogP contribution in [-0.4, -0.2) is 23.1 Å². The standard InChI is InChI=1S/C11H17N3/c1-4-14(9-6-10(2)3)11-12-7-5-8-13-11/h5-8H,4,9H2,1-3H3. The van der Waals surface area contributed by atoms with Crippen molar-refractivity contribution in [1.29, 1.82) is 0 Å². The van der Waals surface area contributed by atoms with Crippen molar-refractivity contribution in [2.24, 2.45) is 0 Å². The Labute approximate surface area is 85.5 Å². The van der Waals surface area contributed by atoms with E-state index in [1.165, 1.54) is 5.57 Å². The molecule has 1 rings (SSSR count). The van der Waals surface area contributed by atoms with Crippen molar-refractivity contribution in [1.82, 2.24) is 9.97 Å². The Morgan fingerprint density at radius 2 is 2.00 bits per heavy atom. The number of allylic oxidation sites excluding steroid dienone is 1. The Bertz CT molecular complexity index is 289. The number of anilines is 1. The molecule has 0 aromatic carbocycles. The average Bonchev–Trinajstić information content (AvgIpc) is 2.20. The van der Waals surface area contributed by atoms with Crippen LogP contribution in [0.1, 0.15) is 20.8 Å². The van der Waals surface area contributed by atoms with Crippen LogP contribution in [0.4, 0.5) is 5.95 Å². The topological polar surface area (TPSA) is 29.0 Å². The van der Waals surface area contributed by atoms with Crippen molar-refractivity contribution in [3.63, 3.8) is 0 Å². The summed E-state index contributed by atoms with van der Waals surface area (Å²) in [5, 5.41) is 0. The summed E-state index contributed by atoms with van der Waals surface area (Å²) in [6, 6.07) is 1.83. The molecule has 14 heavy (non-hydrogen) atoms. The van der Waals surface area contributed by atoms with Crippen LogP contribution in [0.15, 0.2) is 30.1 Å². The minimum Gasteiger partial charge on any atom is -0.337 e. The Morgan fingerprint density at radius 3 is 2.50 bits per heavy atom. The largest absolute Gasteiger partial charge is 0.337 e. The fourth-order valence-electron chi connectivity index (χ4n) is 1.10. The van der Waals surface area contributed by atoms with E-state index in [0.29, 0.717) is 0 Å². The summed E-state index contributed by atoms with van der Waals surface area (Å²) in [7, 11) is 0. The van der Waals surface area contributed by atoms with Gasteiger partial charge in [0.15, 0.2) is 0 Å². The zero-order valence-electron chi connectivity index (χ0n) is 9.07. The highest BCUT2D eigenvalue weighted by atomic mass is 15.2. The average molecular weight is 191 g/mol. The number of aromatic nitrogens is 2. The quantitative estimate of drug-likeness (QED) is 0.684. The van der Waals surface area contributed by atoms with E-state index in [1.54, 1.807) is 12.4 Å². The number of rotatable bonds is 4. The van der Waals surface area contributed by atoms with E-state index < -0.39 is 0 Å². The van der Waals surface area contributed by atoms with Crippen molar-refractivity contribution in [2.45, 2.75) is 20.8 Å². The highest BCUT2D eigenvalue weighted by Crippen LogP contribution is 2.04. The van der Waals surface area contributed by atoms with Gasteiger partial charge in [-0.25, -0.2) is 9.97 Å². The number of likely N-dealkylation sites (N-methyl/N-ethyl adjacent to an activating group) is 1. The highest BCUT2D eigenvalue weighted by molar-refractivity contribution is 5.29. The molecule has 0 amide bonds. The van der Waals surface area contributed by atoms with E-state index in [1.807, 2.05) is 6.07 Å². The minimum atomic E-state index is 0.799. The molecule has 0 saturated heterocycles. The monoisotopic (exact) mass is 191 g/mol. The molecular formula is C11H17N3. The van der Waals surface area contributed by atoms with E-state index >= 15 is 0 Å². The van der Waals surface area contributed by atoms with Gasteiger partial charge in [0.2, 0.25) is 5.95 Å². The summed E-state index contributed by atoms with van der Waals surface area (Å²) in [5.74, 6) is 0.799. The van der Waals surface area contributed by atoms with E-state index in [0.717, 1.165) is 19.0 Å². The second kappa shape index (κ2) is 5.37. The molecule has 76 valence electrons. The van der Waals surface area contributed by atoms with Gasteiger partial charge in [-0.3, -0.25) is 0 Å². The van der Waals surface area contributed by atoms with E-state index in [2.05, 4.69) is 41.7 Å². The molecule has 1 aromatic heterocycles. The van der Waals surface area contributed by atoms with E-state index in [4.69, 9.17) is 0 Å². The maximum absolute atomic E-state index is 4.21. The number of nitrogens with zero attached hydrogens (tertiary/aromatic N) is 3. The van der Waals surface area contributed by atoms with Gasteiger partial charge in [-0.15, -0.1) is 0 Å². The molecule has 0 bridgehead atoms. The fraction of sp³-hybridized carbons (Fsp3) is 0.455. The van der Waals surface area contributed by atoms with Crippen LogP contribution in [0.5, 0.6) is 0 Å². The van der Waals surface area contributed by atoms with Crippen LogP contribution in [0.3, 0.4) is 0 Å². The first-order valence-electron chi connectivity index (χ1n) is 4.89. The van der Waals surface area contributed by atoms with Crippen molar-refractivity contribution < 1.29 is 0 Å². The predicted molar refractivity (Wildman–Crippen MR) is 59.4 cm³/mol. The Kier molecular flexibility index (Phi) is 4.11. The number of hydrogen-bond donors (Lipinski definition) is 0. The first-order chi connectivity index (χ1) is 6.74. The molecular weight excluding hydrogens is 174 g/mol. The molecule has 0 aliphatic heterocycles. The third-order valence-corrected chi connectivity index (χ3v) is 1.94. The molecule has 3 nitrogen and oxygen atoms in total. The Morgan fingerprint density at radius 1 is 1.36 bits per heavy atom. The minimum absolute atomic E-state index is 0.799. The maximum Gasteiger partial charge on any atom is 0.225 e. The Hall–Kier alpha value is -1.38. The lowest BCUT2D eigenvalue weighted by molar-refractivity contribution is 0.849. The van der Waals surface area contributed by atoms with Gasteiger partial charge in [0.25, 0.3) is 0 Å². The lowest BCUT2D eigenvalue weighted by Crippen LogP contribution is -2.24. The van der Waals surface area contributed by atoms with E-state index in [9.17, 15) is 0 Å².